The van der Waals surface area contributed by atoms with Crippen LogP contribution in [0.15, 0.2) is 18.2 Å². The van der Waals surface area contributed by atoms with Crippen LogP contribution < -0.4 is 10.6 Å². The highest BCUT2D eigenvalue weighted by atomic mass is 16.6. The Morgan fingerprint density at radius 1 is 1.14 bits per heavy atom. The Hall–Kier alpha value is -3.08. The highest BCUT2D eigenvalue weighted by Crippen LogP contribution is 2.28. The molecule has 0 heterocycles. The Morgan fingerprint density at radius 2 is 1.78 bits per heavy atom. The summed E-state index contributed by atoms with van der Waals surface area (Å²) in [5.74, 6) is -1.11. The molecule has 1 aliphatic rings. The van der Waals surface area contributed by atoms with Gasteiger partial charge in [0.15, 0.2) is 0 Å². The summed E-state index contributed by atoms with van der Waals surface area (Å²) in [5.41, 5.74) is 1.82. The third-order valence-corrected chi connectivity index (χ3v) is 6.36. The second-order valence-corrected chi connectivity index (χ2v) is 11.1. The minimum atomic E-state index is -0.999. The zero-order chi connectivity index (χ0) is 27.0. The summed E-state index contributed by atoms with van der Waals surface area (Å²) in [6.45, 7) is 12.4. The second-order valence-electron chi connectivity index (χ2n) is 11.1. The van der Waals surface area contributed by atoms with Gasteiger partial charge in [-0.25, -0.2) is 4.79 Å². The number of hydrogen-bond donors (Lipinski definition) is 2. The largest absolute Gasteiger partial charge is 0.444 e. The first kappa shape index (κ1) is 29.2. The van der Waals surface area contributed by atoms with Gasteiger partial charge >= 0.3 is 6.09 Å². The first-order valence-corrected chi connectivity index (χ1v) is 12.9. The van der Waals surface area contributed by atoms with Crippen molar-refractivity contribution in [3.8, 4) is 6.07 Å². The molecule has 1 aromatic rings. The second kappa shape index (κ2) is 12.8. The van der Waals surface area contributed by atoms with Crippen LogP contribution >= 0.6 is 0 Å². The monoisotopic (exact) mass is 498 g/mol. The van der Waals surface area contributed by atoms with Gasteiger partial charge < -0.3 is 20.3 Å². The van der Waals surface area contributed by atoms with Gasteiger partial charge in [-0.3, -0.25) is 9.59 Å². The van der Waals surface area contributed by atoms with Crippen molar-refractivity contribution in [1.29, 1.82) is 5.26 Å². The van der Waals surface area contributed by atoms with E-state index >= 15 is 0 Å². The Labute approximate surface area is 215 Å². The van der Waals surface area contributed by atoms with Gasteiger partial charge in [-0.05, 0) is 64.5 Å². The van der Waals surface area contributed by atoms with Crippen LogP contribution in [0.4, 0.5) is 4.79 Å². The minimum absolute atomic E-state index is 0.0410. The molecule has 2 rings (SSSR count). The fourth-order valence-electron chi connectivity index (χ4n) is 4.61. The van der Waals surface area contributed by atoms with Crippen LogP contribution in [0.25, 0.3) is 0 Å². The van der Waals surface area contributed by atoms with Crippen molar-refractivity contribution in [1.82, 2.24) is 15.5 Å². The molecule has 1 saturated carbocycles. The van der Waals surface area contributed by atoms with Crippen molar-refractivity contribution in [2.75, 3.05) is 6.54 Å². The average Bonchev–Trinajstić information content (AvgIpc) is 2.77. The van der Waals surface area contributed by atoms with Crippen molar-refractivity contribution >= 4 is 17.9 Å². The number of carbonyl (C=O) groups is 3. The first-order chi connectivity index (χ1) is 16.8. The molecule has 0 aliphatic heterocycles. The number of nitrogens with one attached hydrogen (secondary N) is 2. The predicted octanol–water partition coefficient (Wildman–Crippen LogP) is 4.69. The molecule has 8 heteroatoms. The Kier molecular flexibility index (Phi) is 10.3. The molecule has 0 saturated heterocycles. The van der Waals surface area contributed by atoms with Gasteiger partial charge in [0.05, 0.1) is 6.07 Å². The molecule has 2 atom stereocenters. The molecule has 1 fully saturated rings. The zero-order valence-corrected chi connectivity index (χ0v) is 22.8. The van der Waals surface area contributed by atoms with Gasteiger partial charge in [0, 0.05) is 6.04 Å². The number of amides is 3. The van der Waals surface area contributed by atoms with E-state index in [9.17, 15) is 19.6 Å². The van der Waals surface area contributed by atoms with E-state index in [0.717, 1.165) is 43.2 Å². The van der Waals surface area contributed by atoms with Crippen molar-refractivity contribution in [3.63, 3.8) is 0 Å². The molecule has 1 aliphatic carbocycles. The van der Waals surface area contributed by atoms with Gasteiger partial charge in [0.1, 0.15) is 24.2 Å². The topological polar surface area (TPSA) is 112 Å². The van der Waals surface area contributed by atoms with E-state index in [1.165, 1.54) is 4.90 Å². The van der Waals surface area contributed by atoms with E-state index in [4.69, 9.17) is 4.74 Å². The third-order valence-electron chi connectivity index (χ3n) is 6.36. The predicted molar refractivity (Wildman–Crippen MR) is 139 cm³/mol. The van der Waals surface area contributed by atoms with E-state index in [-0.39, 0.29) is 24.4 Å². The lowest BCUT2D eigenvalue weighted by atomic mass is 9.93. The van der Waals surface area contributed by atoms with Crippen LogP contribution in [-0.4, -0.2) is 47.0 Å². The highest BCUT2D eigenvalue weighted by Gasteiger charge is 2.38. The number of alkyl carbamates (subject to hydrolysis) is 1. The van der Waals surface area contributed by atoms with Crippen LogP contribution in [0, 0.1) is 31.1 Å². The molecule has 2 N–H and O–H groups in total. The Morgan fingerprint density at radius 3 is 2.31 bits per heavy atom. The Bertz CT molecular complexity index is 971. The molecule has 198 valence electrons. The molecule has 0 spiro atoms. The lowest BCUT2D eigenvalue weighted by molar-refractivity contribution is -0.143. The van der Waals surface area contributed by atoms with Crippen molar-refractivity contribution < 1.29 is 19.1 Å². The smallest absolute Gasteiger partial charge is 0.408 e. The molecule has 3 amide bonds. The van der Waals surface area contributed by atoms with Crippen LogP contribution in [0.2, 0.25) is 0 Å². The summed E-state index contributed by atoms with van der Waals surface area (Å²) in [7, 11) is 0. The van der Waals surface area contributed by atoms with Crippen LogP contribution in [0.1, 0.15) is 89.5 Å². The zero-order valence-electron chi connectivity index (χ0n) is 22.8. The molecular weight excluding hydrogens is 456 g/mol. The molecule has 1 aromatic carbocycles. The number of aryl methyl sites for hydroxylation is 2. The number of carbonyl (C=O) groups excluding carboxylic acids is 3. The fourth-order valence-corrected chi connectivity index (χ4v) is 4.61. The van der Waals surface area contributed by atoms with E-state index in [1.54, 1.807) is 34.6 Å². The molecular formula is C28H42N4O4. The lowest BCUT2D eigenvalue weighted by Crippen LogP contribution is -2.55. The highest BCUT2D eigenvalue weighted by molar-refractivity contribution is 5.92. The van der Waals surface area contributed by atoms with E-state index in [2.05, 4.69) is 16.7 Å². The van der Waals surface area contributed by atoms with E-state index in [1.807, 2.05) is 32.0 Å². The fraction of sp³-hybridized carbons (Fsp3) is 0.643. The number of benzene rings is 1. The quantitative estimate of drug-likeness (QED) is 0.505. The van der Waals surface area contributed by atoms with Gasteiger partial charge in [0.25, 0.3) is 0 Å². The van der Waals surface area contributed by atoms with Crippen molar-refractivity contribution in [2.45, 2.75) is 104 Å². The van der Waals surface area contributed by atoms with Crippen molar-refractivity contribution in [2.24, 2.45) is 5.92 Å². The number of ether oxygens (including phenoxy) is 1. The number of rotatable bonds is 8. The van der Waals surface area contributed by atoms with Gasteiger partial charge in [0.2, 0.25) is 11.8 Å². The number of nitriles is 1. The maximum absolute atomic E-state index is 13.9. The SMILES string of the molecule is Cc1ccc(C(C(=O)NC2CCCCC2)N(CC#N)C(=O)C(NC(=O)OC(C)(C)C)C(C)C)c(C)c1. The van der Waals surface area contributed by atoms with Crippen LogP contribution in [0.5, 0.6) is 0 Å². The van der Waals surface area contributed by atoms with Crippen LogP contribution in [0.3, 0.4) is 0 Å². The Balaban J connectivity index is 2.46. The van der Waals surface area contributed by atoms with E-state index in [0.29, 0.717) is 5.56 Å². The maximum atomic E-state index is 13.9. The molecule has 36 heavy (non-hydrogen) atoms. The maximum Gasteiger partial charge on any atom is 0.408 e. The van der Waals surface area contributed by atoms with Crippen molar-refractivity contribution in [3.05, 3.63) is 34.9 Å². The average molecular weight is 499 g/mol. The lowest BCUT2D eigenvalue weighted by Gasteiger charge is -2.35. The summed E-state index contributed by atoms with van der Waals surface area (Å²) in [5, 5.41) is 15.5. The summed E-state index contributed by atoms with van der Waals surface area (Å²) >= 11 is 0. The summed E-state index contributed by atoms with van der Waals surface area (Å²) in [4.78, 5) is 41.5. The molecule has 0 radical (unpaired) electrons. The molecule has 2 unspecified atom stereocenters. The standard InChI is InChI=1S/C28H42N4O4/c1-18(2)23(31-27(35)36-28(5,6)7)26(34)32(16-15-29)24(22-14-13-19(3)17-20(22)4)25(33)30-21-11-9-8-10-12-21/h13-14,17-18,21,23-24H,8-12,16H2,1-7H3,(H,30,33)(H,31,35). The summed E-state index contributed by atoms with van der Waals surface area (Å²) < 4.78 is 5.37. The molecule has 0 bridgehead atoms. The molecule has 0 aromatic heterocycles. The van der Waals surface area contributed by atoms with Gasteiger partial charge in [-0.15, -0.1) is 0 Å². The van der Waals surface area contributed by atoms with Gasteiger partial charge in [-0.2, -0.15) is 5.26 Å². The third kappa shape index (κ3) is 8.25. The van der Waals surface area contributed by atoms with Crippen LogP contribution in [-0.2, 0) is 14.3 Å². The number of hydrogen-bond acceptors (Lipinski definition) is 5. The van der Waals surface area contributed by atoms with Gasteiger partial charge in [-0.1, -0.05) is 56.9 Å². The minimum Gasteiger partial charge on any atom is -0.444 e. The summed E-state index contributed by atoms with van der Waals surface area (Å²) in [6.07, 6.45) is 4.32. The normalized spacial score (nSPS) is 16.0. The summed E-state index contributed by atoms with van der Waals surface area (Å²) in [6, 6.07) is 5.84. The van der Waals surface area contributed by atoms with E-state index < -0.39 is 29.7 Å². The molecule has 8 nitrogen and oxygen atoms in total. The number of nitrogens with zero attached hydrogens (tertiary/aromatic N) is 2. The first-order valence-electron chi connectivity index (χ1n) is 12.9.